The Balaban J connectivity index is 2.68. The van der Waals surface area contributed by atoms with Gasteiger partial charge in [0.25, 0.3) is 5.91 Å². The SMILES string of the molecule is CCOCCN(C)C(=O)c1cc(Cl)cc(Br)c1. The lowest BCUT2D eigenvalue weighted by molar-refractivity contribution is 0.0710. The van der Waals surface area contributed by atoms with Crippen molar-refractivity contribution in [2.45, 2.75) is 6.92 Å². The Bertz CT molecular complexity index is 378. The molecule has 5 heteroatoms. The second-order valence-electron chi connectivity index (χ2n) is 3.58. The number of carbonyl (C=O) groups excluding carboxylic acids is 1. The van der Waals surface area contributed by atoms with E-state index in [1.807, 2.05) is 6.92 Å². The molecular weight excluding hydrogens is 305 g/mol. The highest BCUT2D eigenvalue weighted by atomic mass is 79.9. The Kier molecular flexibility index (Phi) is 5.95. The number of hydrogen-bond acceptors (Lipinski definition) is 2. The van der Waals surface area contributed by atoms with Crippen LogP contribution in [0, 0.1) is 0 Å². The highest BCUT2D eigenvalue weighted by Crippen LogP contribution is 2.20. The lowest BCUT2D eigenvalue weighted by Gasteiger charge is -2.17. The van der Waals surface area contributed by atoms with Crippen molar-refractivity contribution in [3.63, 3.8) is 0 Å². The van der Waals surface area contributed by atoms with Crippen LogP contribution in [0.25, 0.3) is 0 Å². The maximum atomic E-state index is 12.0. The molecule has 3 nitrogen and oxygen atoms in total. The number of carbonyl (C=O) groups is 1. The van der Waals surface area contributed by atoms with Gasteiger partial charge in [-0.15, -0.1) is 0 Å². The second-order valence-corrected chi connectivity index (χ2v) is 4.93. The van der Waals surface area contributed by atoms with E-state index in [4.69, 9.17) is 16.3 Å². The number of ether oxygens (including phenoxy) is 1. The molecule has 0 saturated heterocycles. The number of amides is 1. The molecule has 0 N–H and O–H groups in total. The van der Waals surface area contributed by atoms with Gasteiger partial charge in [-0.2, -0.15) is 0 Å². The first-order valence-corrected chi connectivity index (χ1v) is 6.51. The van der Waals surface area contributed by atoms with Crippen LogP contribution in [0.2, 0.25) is 5.02 Å². The molecule has 1 aromatic rings. The molecule has 1 aromatic carbocycles. The third-order valence-corrected chi connectivity index (χ3v) is 2.91. The molecule has 0 spiro atoms. The summed E-state index contributed by atoms with van der Waals surface area (Å²) in [5.74, 6) is -0.0621. The molecule has 0 radical (unpaired) electrons. The summed E-state index contributed by atoms with van der Waals surface area (Å²) in [7, 11) is 1.75. The van der Waals surface area contributed by atoms with Gasteiger partial charge in [0.1, 0.15) is 0 Å². The fourth-order valence-electron chi connectivity index (χ4n) is 1.35. The van der Waals surface area contributed by atoms with E-state index in [9.17, 15) is 4.79 Å². The Hall–Kier alpha value is -0.580. The quantitative estimate of drug-likeness (QED) is 0.780. The molecule has 0 aliphatic carbocycles. The van der Waals surface area contributed by atoms with Gasteiger partial charge in [-0.05, 0) is 25.1 Å². The van der Waals surface area contributed by atoms with E-state index in [0.29, 0.717) is 30.3 Å². The molecule has 0 aromatic heterocycles. The third kappa shape index (κ3) is 4.66. The molecule has 0 atom stereocenters. The molecule has 0 aliphatic rings. The predicted octanol–water partition coefficient (Wildman–Crippen LogP) is 3.21. The van der Waals surface area contributed by atoms with Gasteiger partial charge in [-0.25, -0.2) is 0 Å². The van der Waals surface area contributed by atoms with Crippen LogP contribution in [0.5, 0.6) is 0 Å². The summed E-state index contributed by atoms with van der Waals surface area (Å²) >= 11 is 9.21. The lowest BCUT2D eigenvalue weighted by atomic mass is 10.2. The van der Waals surface area contributed by atoms with Gasteiger partial charge in [0, 0.05) is 35.3 Å². The minimum absolute atomic E-state index is 0.0621. The van der Waals surface area contributed by atoms with Gasteiger partial charge in [0.2, 0.25) is 0 Å². The first-order valence-electron chi connectivity index (χ1n) is 5.34. The average molecular weight is 321 g/mol. The van der Waals surface area contributed by atoms with Crippen LogP contribution in [0.3, 0.4) is 0 Å². The zero-order chi connectivity index (χ0) is 12.8. The summed E-state index contributed by atoms with van der Waals surface area (Å²) < 4.78 is 6.01. The summed E-state index contributed by atoms with van der Waals surface area (Å²) in [5.41, 5.74) is 0.573. The van der Waals surface area contributed by atoms with Gasteiger partial charge in [-0.1, -0.05) is 27.5 Å². The maximum absolute atomic E-state index is 12.0. The zero-order valence-corrected chi connectivity index (χ0v) is 12.2. The fourth-order valence-corrected chi connectivity index (χ4v) is 2.21. The smallest absolute Gasteiger partial charge is 0.253 e. The molecule has 17 heavy (non-hydrogen) atoms. The number of benzene rings is 1. The van der Waals surface area contributed by atoms with Crippen molar-refractivity contribution in [1.82, 2.24) is 4.90 Å². The number of rotatable bonds is 5. The predicted molar refractivity (Wildman–Crippen MR) is 72.6 cm³/mol. The van der Waals surface area contributed by atoms with Crippen molar-refractivity contribution in [2.24, 2.45) is 0 Å². The van der Waals surface area contributed by atoms with E-state index < -0.39 is 0 Å². The van der Waals surface area contributed by atoms with E-state index >= 15 is 0 Å². The lowest BCUT2D eigenvalue weighted by Crippen LogP contribution is -2.30. The van der Waals surface area contributed by atoms with Crippen LogP contribution < -0.4 is 0 Å². The summed E-state index contributed by atoms with van der Waals surface area (Å²) in [6, 6.07) is 5.16. The summed E-state index contributed by atoms with van der Waals surface area (Å²) in [4.78, 5) is 13.7. The molecule has 1 amide bonds. The van der Waals surface area contributed by atoms with Crippen LogP contribution in [0.4, 0.5) is 0 Å². The van der Waals surface area contributed by atoms with E-state index in [0.717, 1.165) is 4.47 Å². The van der Waals surface area contributed by atoms with Crippen molar-refractivity contribution < 1.29 is 9.53 Å². The van der Waals surface area contributed by atoms with Crippen LogP contribution in [0.15, 0.2) is 22.7 Å². The van der Waals surface area contributed by atoms with Gasteiger partial charge in [-0.3, -0.25) is 4.79 Å². The van der Waals surface area contributed by atoms with Crippen molar-refractivity contribution in [3.05, 3.63) is 33.3 Å². The van der Waals surface area contributed by atoms with Crippen LogP contribution >= 0.6 is 27.5 Å². The molecule has 94 valence electrons. The molecule has 0 saturated carbocycles. The standard InChI is InChI=1S/C12H15BrClNO2/c1-3-17-5-4-15(2)12(16)9-6-10(13)8-11(14)7-9/h6-8H,3-5H2,1-2H3. The topological polar surface area (TPSA) is 29.5 Å². The Morgan fingerprint density at radius 2 is 2.18 bits per heavy atom. The van der Waals surface area contributed by atoms with Crippen LogP contribution in [-0.4, -0.2) is 37.6 Å². The zero-order valence-electron chi connectivity index (χ0n) is 9.87. The summed E-state index contributed by atoms with van der Waals surface area (Å²) in [6.45, 7) is 3.69. The first kappa shape index (κ1) is 14.5. The molecular formula is C12H15BrClNO2. The van der Waals surface area contributed by atoms with Crippen molar-refractivity contribution in [1.29, 1.82) is 0 Å². The summed E-state index contributed by atoms with van der Waals surface area (Å²) in [5, 5.41) is 0.543. The normalized spacial score (nSPS) is 10.4. The highest BCUT2D eigenvalue weighted by molar-refractivity contribution is 9.10. The van der Waals surface area contributed by atoms with Crippen molar-refractivity contribution >= 4 is 33.4 Å². The van der Waals surface area contributed by atoms with Gasteiger partial charge in [0.05, 0.1) is 6.61 Å². The molecule has 0 heterocycles. The van der Waals surface area contributed by atoms with Gasteiger partial charge >= 0.3 is 0 Å². The maximum Gasteiger partial charge on any atom is 0.253 e. The second kappa shape index (κ2) is 6.99. The van der Waals surface area contributed by atoms with E-state index in [1.165, 1.54) is 0 Å². The molecule has 0 bridgehead atoms. The molecule has 1 rings (SSSR count). The number of hydrogen-bond donors (Lipinski definition) is 0. The summed E-state index contributed by atoms with van der Waals surface area (Å²) in [6.07, 6.45) is 0. The van der Waals surface area contributed by atoms with E-state index in [-0.39, 0.29) is 5.91 Å². The molecule has 0 unspecified atom stereocenters. The largest absolute Gasteiger partial charge is 0.380 e. The van der Waals surface area contributed by atoms with E-state index in [1.54, 1.807) is 30.1 Å². The number of nitrogens with zero attached hydrogens (tertiary/aromatic N) is 1. The molecule has 0 aliphatic heterocycles. The Morgan fingerprint density at radius 3 is 2.76 bits per heavy atom. The number of likely N-dealkylation sites (N-methyl/N-ethyl adjacent to an activating group) is 1. The minimum atomic E-state index is -0.0621. The van der Waals surface area contributed by atoms with Gasteiger partial charge in [0.15, 0.2) is 0 Å². The number of halogens is 2. The average Bonchev–Trinajstić information content (AvgIpc) is 2.27. The third-order valence-electron chi connectivity index (χ3n) is 2.23. The fraction of sp³-hybridized carbons (Fsp3) is 0.417. The Morgan fingerprint density at radius 1 is 1.47 bits per heavy atom. The van der Waals surface area contributed by atoms with Crippen molar-refractivity contribution in [3.8, 4) is 0 Å². The van der Waals surface area contributed by atoms with E-state index in [2.05, 4.69) is 15.9 Å². The van der Waals surface area contributed by atoms with Crippen molar-refractivity contribution in [2.75, 3.05) is 26.8 Å². The van der Waals surface area contributed by atoms with Gasteiger partial charge < -0.3 is 9.64 Å². The molecule has 0 fully saturated rings. The van der Waals surface area contributed by atoms with Crippen LogP contribution in [-0.2, 0) is 4.74 Å². The monoisotopic (exact) mass is 319 g/mol. The Labute approximate surface area is 115 Å². The highest BCUT2D eigenvalue weighted by Gasteiger charge is 2.12. The first-order chi connectivity index (χ1) is 8.04. The minimum Gasteiger partial charge on any atom is -0.380 e. The van der Waals surface area contributed by atoms with Crippen LogP contribution in [0.1, 0.15) is 17.3 Å².